The summed E-state index contributed by atoms with van der Waals surface area (Å²) in [5, 5.41) is 0. The third-order valence-electron chi connectivity index (χ3n) is 1.16. The number of rotatable bonds is 3. The van der Waals surface area contributed by atoms with Gasteiger partial charge in [-0.1, -0.05) is 0 Å². The molecule has 4 nitrogen and oxygen atoms in total. The minimum absolute atomic E-state index is 0.0807. The Hall–Kier alpha value is -1.32. The molecule has 0 saturated carbocycles. The molecule has 0 atom stereocenters. The topological polar surface area (TPSA) is 44.2 Å². The van der Waals surface area contributed by atoms with E-state index in [0.717, 1.165) is 0 Å². The van der Waals surface area contributed by atoms with E-state index >= 15 is 0 Å². The van der Waals surface area contributed by atoms with Gasteiger partial charge in [-0.05, 0) is 13.8 Å². The maximum atomic E-state index is 5.25. The van der Waals surface area contributed by atoms with Gasteiger partial charge in [0.2, 0.25) is 5.88 Å². The van der Waals surface area contributed by atoms with Crippen molar-refractivity contribution in [3.05, 3.63) is 12.3 Å². The van der Waals surface area contributed by atoms with Gasteiger partial charge >= 0.3 is 6.01 Å². The van der Waals surface area contributed by atoms with Crippen LogP contribution in [0.1, 0.15) is 13.8 Å². The van der Waals surface area contributed by atoms with E-state index in [-0.39, 0.29) is 6.10 Å². The molecular weight excluding hydrogens is 156 g/mol. The molecule has 0 spiro atoms. The molecule has 0 radical (unpaired) electrons. The van der Waals surface area contributed by atoms with E-state index in [1.54, 1.807) is 19.4 Å². The molecule has 0 aliphatic heterocycles. The fourth-order valence-electron chi connectivity index (χ4n) is 0.706. The molecule has 12 heavy (non-hydrogen) atoms. The summed E-state index contributed by atoms with van der Waals surface area (Å²) in [4.78, 5) is 7.89. The Morgan fingerprint density at radius 2 is 2.17 bits per heavy atom. The summed E-state index contributed by atoms with van der Waals surface area (Å²) in [5.74, 6) is 0.514. The predicted molar refractivity (Wildman–Crippen MR) is 44.3 cm³/mol. The van der Waals surface area contributed by atoms with Crippen molar-refractivity contribution in [3.63, 3.8) is 0 Å². The third-order valence-corrected chi connectivity index (χ3v) is 1.16. The largest absolute Gasteiger partial charge is 0.481 e. The first kappa shape index (κ1) is 8.77. The highest BCUT2D eigenvalue weighted by molar-refractivity contribution is 5.10. The number of nitrogens with zero attached hydrogens (tertiary/aromatic N) is 2. The Balaban J connectivity index is 2.72. The zero-order chi connectivity index (χ0) is 8.97. The molecule has 0 aromatic carbocycles. The Labute approximate surface area is 71.6 Å². The summed E-state index contributed by atoms with van der Waals surface area (Å²) in [5.41, 5.74) is 0. The zero-order valence-electron chi connectivity index (χ0n) is 7.44. The van der Waals surface area contributed by atoms with Crippen LogP contribution in [0.2, 0.25) is 0 Å². The van der Waals surface area contributed by atoms with Gasteiger partial charge in [0.1, 0.15) is 0 Å². The van der Waals surface area contributed by atoms with E-state index < -0.39 is 0 Å². The molecule has 1 rings (SSSR count). The van der Waals surface area contributed by atoms with Gasteiger partial charge in [0.15, 0.2) is 0 Å². The van der Waals surface area contributed by atoms with Crippen LogP contribution in [0.3, 0.4) is 0 Å². The number of aromatic nitrogens is 2. The molecule has 4 heteroatoms. The molecule has 1 heterocycles. The van der Waals surface area contributed by atoms with Crippen molar-refractivity contribution in [1.29, 1.82) is 0 Å². The van der Waals surface area contributed by atoms with Gasteiger partial charge in [0, 0.05) is 12.3 Å². The average molecular weight is 168 g/mol. The van der Waals surface area contributed by atoms with Crippen molar-refractivity contribution in [2.24, 2.45) is 0 Å². The molecule has 0 aliphatic rings. The lowest BCUT2D eigenvalue weighted by atomic mass is 10.5. The molecule has 0 amide bonds. The summed E-state index contributed by atoms with van der Waals surface area (Å²) >= 11 is 0. The number of hydrogen-bond acceptors (Lipinski definition) is 4. The van der Waals surface area contributed by atoms with E-state index in [1.807, 2.05) is 13.8 Å². The standard InChI is InChI=1S/C8H12N2O2/c1-6(2)12-8-9-5-4-7(10-8)11-3/h4-6H,1-3H3. The summed E-state index contributed by atoms with van der Waals surface area (Å²) < 4.78 is 10.2. The molecular formula is C8H12N2O2. The summed E-state index contributed by atoms with van der Waals surface area (Å²) in [6.07, 6.45) is 1.68. The minimum atomic E-state index is 0.0807. The lowest BCUT2D eigenvalue weighted by Crippen LogP contribution is -2.08. The maximum Gasteiger partial charge on any atom is 0.319 e. The molecule has 0 fully saturated rings. The van der Waals surface area contributed by atoms with Crippen LogP contribution in [0.15, 0.2) is 12.3 Å². The summed E-state index contributed by atoms with van der Waals surface area (Å²) in [7, 11) is 1.56. The first-order valence-corrected chi connectivity index (χ1v) is 3.76. The Bertz CT molecular complexity index is 251. The highest BCUT2D eigenvalue weighted by Gasteiger charge is 2.01. The average Bonchev–Trinajstić information content (AvgIpc) is 2.03. The van der Waals surface area contributed by atoms with Crippen LogP contribution in [-0.4, -0.2) is 23.2 Å². The van der Waals surface area contributed by atoms with Gasteiger partial charge in [-0.15, -0.1) is 0 Å². The second-order valence-corrected chi connectivity index (χ2v) is 2.55. The van der Waals surface area contributed by atoms with Crippen LogP contribution >= 0.6 is 0 Å². The molecule has 1 aromatic rings. The van der Waals surface area contributed by atoms with Gasteiger partial charge in [0.25, 0.3) is 0 Å². The molecule has 1 aromatic heterocycles. The van der Waals surface area contributed by atoms with Crippen LogP contribution in [0.4, 0.5) is 0 Å². The number of ether oxygens (including phenoxy) is 2. The van der Waals surface area contributed by atoms with Crippen molar-refractivity contribution in [2.75, 3.05) is 7.11 Å². The lowest BCUT2D eigenvalue weighted by molar-refractivity contribution is 0.218. The number of methoxy groups -OCH3 is 1. The van der Waals surface area contributed by atoms with E-state index in [2.05, 4.69) is 9.97 Å². The van der Waals surface area contributed by atoms with Crippen LogP contribution < -0.4 is 9.47 Å². The zero-order valence-corrected chi connectivity index (χ0v) is 7.44. The van der Waals surface area contributed by atoms with Crippen LogP contribution in [0.5, 0.6) is 11.9 Å². The predicted octanol–water partition coefficient (Wildman–Crippen LogP) is 1.27. The molecule has 66 valence electrons. The molecule has 0 unspecified atom stereocenters. The van der Waals surface area contributed by atoms with E-state index in [0.29, 0.717) is 11.9 Å². The van der Waals surface area contributed by atoms with E-state index in [9.17, 15) is 0 Å². The smallest absolute Gasteiger partial charge is 0.319 e. The Morgan fingerprint density at radius 3 is 2.75 bits per heavy atom. The lowest BCUT2D eigenvalue weighted by Gasteiger charge is -2.07. The first-order valence-electron chi connectivity index (χ1n) is 3.76. The van der Waals surface area contributed by atoms with Crippen molar-refractivity contribution < 1.29 is 9.47 Å². The van der Waals surface area contributed by atoms with Crippen molar-refractivity contribution in [1.82, 2.24) is 9.97 Å². The quantitative estimate of drug-likeness (QED) is 0.681. The van der Waals surface area contributed by atoms with Gasteiger partial charge in [-0.3, -0.25) is 0 Å². The molecule has 0 bridgehead atoms. The van der Waals surface area contributed by atoms with Gasteiger partial charge in [0.05, 0.1) is 13.2 Å². The molecule has 0 aliphatic carbocycles. The van der Waals surface area contributed by atoms with Crippen molar-refractivity contribution in [3.8, 4) is 11.9 Å². The normalized spacial score (nSPS) is 10.0. The third kappa shape index (κ3) is 2.38. The van der Waals surface area contributed by atoms with Gasteiger partial charge < -0.3 is 9.47 Å². The van der Waals surface area contributed by atoms with E-state index in [4.69, 9.17) is 9.47 Å². The van der Waals surface area contributed by atoms with Crippen LogP contribution in [-0.2, 0) is 0 Å². The summed E-state index contributed by atoms with van der Waals surface area (Å²) in [6, 6.07) is 2.03. The van der Waals surface area contributed by atoms with Crippen molar-refractivity contribution in [2.45, 2.75) is 20.0 Å². The molecule has 0 N–H and O–H groups in total. The SMILES string of the molecule is COc1ccnc(OC(C)C)n1. The molecule has 0 saturated heterocycles. The van der Waals surface area contributed by atoms with Gasteiger partial charge in [-0.25, -0.2) is 4.98 Å². The van der Waals surface area contributed by atoms with E-state index in [1.165, 1.54) is 0 Å². The number of hydrogen-bond donors (Lipinski definition) is 0. The first-order chi connectivity index (χ1) is 5.72. The monoisotopic (exact) mass is 168 g/mol. The second-order valence-electron chi connectivity index (χ2n) is 2.55. The van der Waals surface area contributed by atoms with Crippen molar-refractivity contribution >= 4 is 0 Å². The van der Waals surface area contributed by atoms with Crippen LogP contribution in [0, 0.1) is 0 Å². The highest BCUT2D eigenvalue weighted by Crippen LogP contribution is 2.09. The maximum absolute atomic E-state index is 5.25. The van der Waals surface area contributed by atoms with Gasteiger partial charge in [-0.2, -0.15) is 4.98 Å². The van der Waals surface area contributed by atoms with Crippen LogP contribution in [0.25, 0.3) is 0 Å². The Morgan fingerprint density at radius 1 is 1.42 bits per heavy atom. The highest BCUT2D eigenvalue weighted by atomic mass is 16.5. The Kier molecular flexibility index (Phi) is 2.85. The second kappa shape index (κ2) is 3.90. The summed E-state index contributed by atoms with van der Waals surface area (Å²) in [6.45, 7) is 3.84. The fourth-order valence-corrected chi connectivity index (χ4v) is 0.706. The minimum Gasteiger partial charge on any atom is -0.481 e. The fraction of sp³-hybridized carbons (Fsp3) is 0.500.